The summed E-state index contributed by atoms with van der Waals surface area (Å²) in [5.41, 5.74) is 3.34. The van der Waals surface area contributed by atoms with E-state index < -0.39 is 6.04 Å². The molecule has 1 fully saturated rings. The van der Waals surface area contributed by atoms with Crippen LogP contribution in [-0.2, 0) is 9.53 Å². The van der Waals surface area contributed by atoms with Crippen LogP contribution < -0.4 is 10.6 Å². The van der Waals surface area contributed by atoms with Crippen LogP contribution >= 0.6 is 0 Å². The molecule has 29 heavy (non-hydrogen) atoms. The molecule has 2 N–H and O–H groups in total. The van der Waals surface area contributed by atoms with Crippen LogP contribution in [0.5, 0.6) is 0 Å². The van der Waals surface area contributed by atoms with E-state index in [1.54, 1.807) is 18.9 Å². The molecule has 1 saturated heterocycles. The maximum atomic E-state index is 13.0. The molecular formula is C22H32N4O3. The highest BCUT2D eigenvalue weighted by atomic mass is 16.5. The van der Waals surface area contributed by atoms with Crippen molar-refractivity contribution in [2.24, 2.45) is 0 Å². The van der Waals surface area contributed by atoms with Crippen LogP contribution in [0.1, 0.15) is 43.9 Å². The average molecular weight is 401 g/mol. The van der Waals surface area contributed by atoms with Gasteiger partial charge < -0.3 is 15.4 Å². The third-order valence-electron chi connectivity index (χ3n) is 5.59. The number of carbonyl (C=O) groups excluding carboxylic acids is 2. The molecule has 1 aromatic carbocycles. The number of hydrogen-bond acceptors (Lipinski definition) is 5. The Morgan fingerprint density at radius 3 is 2.45 bits per heavy atom. The third kappa shape index (κ3) is 4.79. The summed E-state index contributed by atoms with van der Waals surface area (Å²) in [6.45, 7) is 10.5. The smallest absolute Gasteiger partial charge is 0.338 e. The quantitative estimate of drug-likeness (QED) is 0.717. The molecule has 1 atom stereocenters. The van der Waals surface area contributed by atoms with Crippen molar-refractivity contribution in [3.63, 3.8) is 0 Å². The first-order chi connectivity index (χ1) is 13.9. The molecule has 1 aromatic rings. The summed E-state index contributed by atoms with van der Waals surface area (Å²) in [4.78, 5) is 29.5. The predicted molar refractivity (Wildman–Crippen MR) is 113 cm³/mol. The SMILES string of the molecule is CCOC(=O)C1=C(CN2CCNCC2)N(C)C(=O)NC1c1ccc(C(C)C)cc1. The Morgan fingerprint density at radius 1 is 1.21 bits per heavy atom. The number of carbonyl (C=O) groups is 2. The summed E-state index contributed by atoms with van der Waals surface area (Å²) in [7, 11) is 1.71. The number of nitrogens with zero attached hydrogens (tertiary/aromatic N) is 2. The number of likely N-dealkylation sites (N-methyl/N-ethyl adjacent to an activating group) is 1. The molecule has 2 heterocycles. The Bertz CT molecular complexity index is 767. The van der Waals surface area contributed by atoms with Crippen molar-refractivity contribution in [3.8, 4) is 0 Å². The molecule has 7 nitrogen and oxygen atoms in total. The topological polar surface area (TPSA) is 73.9 Å². The van der Waals surface area contributed by atoms with Crippen molar-refractivity contribution in [2.75, 3.05) is 46.4 Å². The standard InChI is InChI=1S/C22H32N4O3/c1-5-29-21(27)19-18(14-26-12-10-23-11-13-26)25(4)22(28)24-20(19)17-8-6-16(7-9-17)15(2)3/h6-9,15,20,23H,5,10-14H2,1-4H3,(H,24,28). The van der Waals surface area contributed by atoms with Crippen LogP contribution in [0.2, 0.25) is 0 Å². The fourth-order valence-corrected chi connectivity index (χ4v) is 3.80. The molecule has 158 valence electrons. The summed E-state index contributed by atoms with van der Waals surface area (Å²) >= 11 is 0. The van der Waals surface area contributed by atoms with Gasteiger partial charge in [0.15, 0.2) is 0 Å². The Hall–Kier alpha value is -2.38. The van der Waals surface area contributed by atoms with Gasteiger partial charge in [-0.15, -0.1) is 0 Å². The number of rotatable bonds is 6. The first kappa shape index (κ1) is 21.3. The highest BCUT2D eigenvalue weighted by Gasteiger charge is 2.37. The van der Waals surface area contributed by atoms with Crippen LogP contribution in [0.25, 0.3) is 0 Å². The number of esters is 1. The van der Waals surface area contributed by atoms with E-state index in [1.807, 2.05) is 12.1 Å². The minimum atomic E-state index is -0.517. The van der Waals surface area contributed by atoms with Gasteiger partial charge in [-0.05, 0) is 24.0 Å². The minimum absolute atomic E-state index is 0.207. The Kier molecular flexibility index (Phi) is 6.92. The van der Waals surface area contributed by atoms with Crippen molar-refractivity contribution < 1.29 is 14.3 Å². The Balaban J connectivity index is 2.01. The number of amides is 2. The van der Waals surface area contributed by atoms with Crippen LogP contribution in [0.15, 0.2) is 35.5 Å². The zero-order valence-electron chi connectivity index (χ0n) is 17.8. The molecule has 0 spiro atoms. The molecule has 1 unspecified atom stereocenters. The summed E-state index contributed by atoms with van der Waals surface area (Å²) < 4.78 is 5.39. The van der Waals surface area contributed by atoms with E-state index in [9.17, 15) is 9.59 Å². The predicted octanol–water partition coefficient (Wildman–Crippen LogP) is 2.23. The molecule has 2 aliphatic rings. The Labute approximate surface area is 173 Å². The van der Waals surface area contributed by atoms with E-state index in [0.29, 0.717) is 30.3 Å². The minimum Gasteiger partial charge on any atom is -0.463 e. The van der Waals surface area contributed by atoms with E-state index >= 15 is 0 Å². The fourth-order valence-electron chi connectivity index (χ4n) is 3.80. The lowest BCUT2D eigenvalue weighted by molar-refractivity contribution is -0.139. The fraction of sp³-hybridized carbons (Fsp3) is 0.545. The highest BCUT2D eigenvalue weighted by Crippen LogP contribution is 2.32. The molecule has 2 aliphatic heterocycles. The first-order valence-electron chi connectivity index (χ1n) is 10.4. The maximum absolute atomic E-state index is 13.0. The molecule has 0 aliphatic carbocycles. The van der Waals surface area contributed by atoms with E-state index in [2.05, 4.69) is 41.5 Å². The normalized spacial score (nSPS) is 20.8. The molecule has 0 bridgehead atoms. The van der Waals surface area contributed by atoms with Gasteiger partial charge in [-0.3, -0.25) is 9.80 Å². The summed E-state index contributed by atoms with van der Waals surface area (Å²) in [5.74, 6) is 0.0434. The van der Waals surface area contributed by atoms with E-state index in [-0.39, 0.29) is 12.0 Å². The lowest BCUT2D eigenvalue weighted by atomic mass is 9.92. The second kappa shape index (κ2) is 9.41. The molecule has 7 heteroatoms. The van der Waals surface area contributed by atoms with Crippen LogP contribution in [0, 0.1) is 0 Å². The summed E-state index contributed by atoms with van der Waals surface area (Å²) in [5, 5.41) is 6.32. The molecule has 0 radical (unpaired) electrons. The van der Waals surface area contributed by atoms with Gasteiger partial charge in [0.1, 0.15) is 0 Å². The van der Waals surface area contributed by atoms with Gasteiger partial charge in [0, 0.05) is 45.5 Å². The van der Waals surface area contributed by atoms with Crippen molar-refractivity contribution in [2.45, 2.75) is 32.7 Å². The van der Waals surface area contributed by atoms with E-state index in [4.69, 9.17) is 4.74 Å². The molecule has 2 amide bonds. The monoisotopic (exact) mass is 400 g/mol. The first-order valence-corrected chi connectivity index (χ1v) is 10.4. The van der Waals surface area contributed by atoms with Crippen molar-refractivity contribution in [1.82, 2.24) is 20.4 Å². The van der Waals surface area contributed by atoms with E-state index in [0.717, 1.165) is 31.7 Å². The highest BCUT2D eigenvalue weighted by molar-refractivity contribution is 5.95. The van der Waals surface area contributed by atoms with Crippen molar-refractivity contribution >= 4 is 12.0 Å². The molecule has 0 aromatic heterocycles. The number of benzene rings is 1. The zero-order valence-corrected chi connectivity index (χ0v) is 17.8. The van der Waals surface area contributed by atoms with E-state index in [1.165, 1.54) is 5.56 Å². The van der Waals surface area contributed by atoms with Gasteiger partial charge in [0.05, 0.1) is 18.2 Å². The summed E-state index contributed by atoms with van der Waals surface area (Å²) in [6, 6.07) is 7.38. The molecule has 0 saturated carbocycles. The van der Waals surface area contributed by atoms with Crippen LogP contribution in [-0.4, -0.2) is 68.2 Å². The number of urea groups is 1. The average Bonchev–Trinajstić information content (AvgIpc) is 2.72. The van der Waals surface area contributed by atoms with Gasteiger partial charge in [-0.2, -0.15) is 0 Å². The zero-order chi connectivity index (χ0) is 21.0. The van der Waals surface area contributed by atoms with Gasteiger partial charge >= 0.3 is 12.0 Å². The van der Waals surface area contributed by atoms with Crippen LogP contribution in [0.3, 0.4) is 0 Å². The number of ether oxygens (including phenoxy) is 1. The van der Waals surface area contributed by atoms with Crippen molar-refractivity contribution in [3.05, 3.63) is 46.7 Å². The maximum Gasteiger partial charge on any atom is 0.338 e. The number of piperazine rings is 1. The summed E-state index contributed by atoms with van der Waals surface area (Å²) in [6.07, 6.45) is 0. The van der Waals surface area contributed by atoms with Crippen molar-refractivity contribution in [1.29, 1.82) is 0 Å². The lowest BCUT2D eigenvalue weighted by Gasteiger charge is -2.37. The van der Waals surface area contributed by atoms with Crippen LogP contribution in [0.4, 0.5) is 4.79 Å². The molecular weight excluding hydrogens is 368 g/mol. The van der Waals surface area contributed by atoms with Gasteiger partial charge in [-0.25, -0.2) is 9.59 Å². The lowest BCUT2D eigenvalue weighted by Crippen LogP contribution is -2.51. The molecule has 3 rings (SSSR count). The second-order valence-corrected chi connectivity index (χ2v) is 7.87. The van der Waals surface area contributed by atoms with Gasteiger partial charge in [-0.1, -0.05) is 38.1 Å². The number of hydrogen-bond donors (Lipinski definition) is 2. The third-order valence-corrected chi connectivity index (χ3v) is 5.59. The Morgan fingerprint density at radius 2 is 1.86 bits per heavy atom. The van der Waals surface area contributed by atoms with Gasteiger partial charge in [0.25, 0.3) is 0 Å². The van der Waals surface area contributed by atoms with Gasteiger partial charge in [0.2, 0.25) is 0 Å². The largest absolute Gasteiger partial charge is 0.463 e. The number of nitrogens with one attached hydrogen (secondary N) is 2. The second-order valence-electron chi connectivity index (χ2n) is 7.87.